The van der Waals surface area contributed by atoms with Crippen molar-refractivity contribution in [3.63, 3.8) is 0 Å². The zero-order valence-electron chi connectivity index (χ0n) is 15.3. The van der Waals surface area contributed by atoms with E-state index in [1.165, 1.54) is 12.1 Å². The molecule has 2 rings (SSSR count). The van der Waals surface area contributed by atoms with Crippen molar-refractivity contribution in [2.24, 2.45) is 0 Å². The molecule has 0 aromatic heterocycles. The molecule has 2 N–H and O–H groups in total. The van der Waals surface area contributed by atoms with Crippen LogP contribution in [0.15, 0.2) is 48.5 Å². The number of hydrogen-bond donors (Lipinski definition) is 2. The lowest BCUT2D eigenvalue weighted by Gasteiger charge is -2.18. The number of halogens is 4. The quantitative estimate of drug-likeness (QED) is 0.656. The molecule has 0 radical (unpaired) electrons. The minimum atomic E-state index is -4.43. The van der Waals surface area contributed by atoms with Crippen LogP contribution in [0.1, 0.15) is 42.9 Å². The molecule has 0 fully saturated rings. The van der Waals surface area contributed by atoms with E-state index in [0.717, 1.165) is 18.2 Å². The molecule has 0 saturated carbocycles. The van der Waals surface area contributed by atoms with Crippen LogP contribution in [0.5, 0.6) is 0 Å². The zero-order chi connectivity index (χ0) is 19.2. The number of para-hydroxylation sites is 1. The highest BCUT2D eigenvalue weighted by Crippen LogP contribution is 2.36. The fourth-order valence-corrected chi connectivity index (χ4v) is 2.83. The maximum Gasteiger partial charge on any atom is 0.416 e. The molecule has 2 aromatic rings. The number of nitrogens with one attached hydrogen (secondary N) is 2. The minimum absolute atomic E-state index is 0. The molecule has 0 heterocycles. The average Bonchev–Trinajstić information content (AvgIpc) is 2.60. The van der Waals surface area contributed by atoms with Crippen molar-refractivity contribution in [2.75, 3.05) is 11.9 Å². The van der Waals surface area contributed by atoms with E-state index in [1.54, 1.807) is 19.1 Å². The second-order valence-corrected chi connectivity index (χ2v) is 6.18. The predicted octanol–water partition coefficient (Wildman–Crippen LogP) is 5.37. The topological polar surface area (TPSA) is 41.1 Å². The molecule has 148 valence electrons. The van der Waals surface area contributed by atoms with Gasteiger partial charge in [-0.25, -0.2) is 0 Å². The molecule has 1 unspecified atom stereocenters. The molecule has 2 aromatic carbocycles. The summed E-state index contributed by atoms with van der Waals surface area (Å²) in [6, 6.07) is 12.8. The second kappa shape index (κ2) is 10.3. The maximum absolute atomic E-state index is 13.2. The molecule has 0 aliphatic carbocycles. The lowest BCUT2D eigenvalue weighted by molar-refractivity contribution is -0.138. The van der Waals surface area contributed by atoms with E-state index in [2.05, 4.69) is 10.6 Å². The van der Waals surface area contributed by atoms with Crippen LogP contribution >= 0.6 is 12.4 Å². The smallest absolute Gasteiger partial charge is 0.326 e. The second-order valence-electron chi connectivity index (χ2n) is 6.18. The van der Waals surface area contributed by atoms with Crippen molar-refractivity contribution in [3.8, 4) is 0 Å². The molecule has 27 heavy (non-hydrogen) atoms. The Kier molecular flexibility index (Phi) is 8.79. The third kappa shape index (κ3) is 6.56. The Bertz CT molecular complexity index is 750. The summed E-state index contributed by atoms with van der Waals surface area (Å²) in [7, 11) is 0. The van der Waals surface area contributed by atoms with Crippen molar-refractivity contribution in [1.29, 1.82) is 0 Å². The maximum atomic E-state index is 13.2. The van der Waals surface area contributed by atoms with Crippen LogP contribution in [0.25, 0.3) is 0 Å². The number of alkyl halides is 3. The van der Waals surface area contributed by atoms with Gasteiger partial charge in [-0.1, -0.05) is 50.2 Å². The summed E-state index contributed by atoms with van der Waals surface area (Å²) in [6.45, 7) is 5.03. The fraction of sp³-hybridized carbons (Fsp3) is 0.350. The molecule has 1 atom stereocenters. The highest BCUT2D eigenvalue weighted by atomic mass is 35.5. The molecule has 1 amide bonds. The van der Waals surface area contributed by atoms with Crippen LogP contribution in [-0.2, 0) is 17.5 Å². The Balaban J connectivity index is 0.00000364. The summed E-state index contributed by atoms with van der Waals surface area (Å²) in [5, 5.41) is 6.01. The Morgan fingerprint density at radius 2 is 1.70 bits per heavy atom. The van der Waals surface area contributed by atoms with Gasteiger partial charge < -0.3 is 10.6 Å². The van der Waals surface area contributed by atoms with Crippen molar-refractivity contribution in [2.45, 2.75) is 38.9 Å². The molecule has 0 aliphatic rings. The Morgan fingerprint density at radius 3 is 2.37 bits per heavy atom. The van der Waals surface area contributed by atoms with E-state index in [1.807, 2.05) is 25.1 Å². The van der Waals surface area contributed by atoms with Gasteiger partial charge in [-0.15, -0.1) is 12.4 Å². The number of anilines is 1. The molecule has 0 spiro atoms. The summed E-state index contributed by atoms with van der Waals surface area (Å²) in [5.41, 5.74) is 1.06. The van der Waals surface area contributed by atoms with Gasteiger partial charge >= 0.3 is 6.18 Å². The van der Waals surface area contributed by atoms with Gasteiger partial charge in [0.1, 0.15) is 0 Å². The van der Waals surface area contributed by atoms with Gasteiger partial charge in [0.05, 0.1) is 5.56 Å². The van der Waals surface area contributed by atoms with E-state index in [0.29, 0.717) is 12.2 Å². The molecular weight excluding hydrogens is 377 g/mol. The van der Waals surface area contributed by atoms with Crippen LogP contribution in [0.3, 0.4) is 0 Å². The zero-order valence-corrected chi connectivity index (χ0v) is 16.1. The van der Waals surface area contributed by atoms with E-state index >= 15 is 0 Å². The third-order valence-electron chi connectivity index (χ3n) is 4.15. The summed E-state index contributed by atoms with van der Waals surface area (Å²) in [4.78, 5) is 12.4. The number of carbonyl (C=O) groups is 1. The van der Waals surface area contributed by atoms with Gasteiger partial charge in [0.25, 0.3) is 0 Å². The summed E-state index contributed by atoms with van der Waals surface area (Å²) < 4.78 is 39.5. The average molecular weight is 401 g/mol. The first kappa shape index (κ1) is 23.0. The summed E-state index contributed by atoms with van der Waals surface area (Å²) in [5.74, 6) is -0.854. The molecule has 0 bridgehead atoms. The van der Waals surface area contributed by atoms with Crippen molar-refractivity contribution >= 4 is 24.0 Å². The molecule has 0 aliphatic heterocycles. The van der Waals surface area contributed by atoms with Crippen molar-refractivity contribution in [3.05, 3.63) is 65.2 Å². The van der Waals surface area contributed by atoms with Gasteiger partial charge in [-0.3, -0.25) is 4.79 Å². The van der Waals surface area contributed by atoms with Gasteiger partial charge in [0.15, 0.2) is 0 Å². The van der Waals surface area contributed by atoms with Gasteiger partial charge in [-0.2, -0.15) is 13.2 Å². The largest absolute Gasteiger partial charge is 0.416 e. The summed E-state index contributed by atoms with van der Waals surface area (Å²) >= 11 is 0. The molecule has 3 nitrogen and oxygen atoms in total. The van der Waals surface area contributed by atoms with Crippen LogP contribution in [0.4, 0.5) is 18.9 Å². The van der Waals surface area contributed by atoms with E-state index in [4.69, 9.17) is 0 Å². The predicted molar refractivity (Wildman–Crippen MR) is 104 cm³/mol. The van der Waals surface area contributed by atoms with Gasteiger partial charge in [0.2, 0.25) is 5.91 Å². The van der Waals surface area contributed by atoms with Crippen LogP contribution < -0.4 is 10.6 Å². The molecule has 0 saturated heterocycles. The minimum Gasteiger partial charge on any atom is -0.326 e. The number of rotatable bonds is 7. The van der Waals surface area contributed by atoms with Crippen LogP contribution in [0.2, 0.25) is 0 Å². The standard InChI is InChI=1S/C20H23F3N2O.ClH/c1-3-24-13-15-8-4-7-11-18(15)25-19(26)12-14(2)16-9-5-6-10-17(16)20(21,22)23;/h4-11,14,24H,3,12-13H2,1-2H3,(H,25,26);1H. The first-order valence-electron chi connectivity index (χ1n) is 8.57. The Labute approximate surface area is 163 Å². The van der Waals surface area contributed by atoms with Crippen molar-refractivity contribution in [1.82, 2.24) is 5.32 Å². The fourth-order valence-electron chi connectivity index (χ4n) is 2.83. The number of amides is 1. The van der Waals surface area contributed by atoms with Crippen molar-refractivity contribution < 1.29 is 18.0 Å². The monoisotopic (exact) mass is 400 g/mol. The van der Waals surface area contributed by atoms with Gasteiger partial charge in [-0.05, 0) is 35.7 Å². The highest BCUT2D eigenvalue weighted by molar-refractivity contribution is 5.92. The number of benzene rings is 2. The molecule has 7 heteroatoms. The van der Waals surface area contributed by atoms with E-state index in [9.17, 15) is 18.0 Å². The van der Waals surface area contributed by atoms with E-state index < -0.39 is 17.7 Å². The number of hydrogen-bond acceptors (Lipinski definition) is 2. The first-order valence-corrected chi connectivity index (χ1v) is 8.57. The highest BCUT2D eigenvalue weighted by Gasteiger charge is 2.34. The van der Waals surface area contributed by atoms with Gasteiger partial charge in [0, 0.05) is 18.7 Å². The Hall–Kier alpha value is -2.05. The van der Waals surface area contributed by atoms with Crippen LogP contribution in [0, 0.1) is 0 Å². The lowest BCUT2D eigenvalue weighted by Crippen LogP contribution is -2.19. The van der Waals surface area contributed by atoms with E-state index in [-0.39, 0.29) is 30.3 Å². The first-order chi connectivity index (χ1) is 12.3. The SMILES string of the molecule is CCNCc1ccccc1NC(=O)CC(C)c1ccccc1C(F)(F)F.Cl. The van der Waals surface area contributed by atoms with Crippen LogP contribution in [-0.4, -0.2) is 12.5 Å². The normalized spacial score (nSPS) is 12.2. The summed E-state index contributed by atoms with van der Waals surface area (Å²) in [6.07, 6.45) is -4.46. The third-order valence-corrected chi connectivity index (χ3v) is 4.15. The molecular formula is C20H24ClF3N2O. The lowest BCUT2D eigenvalue weighted by atomic mass is 9.92. The number of carbonyl (C=O) groups excluding carboxylic acids is 1. The Morgan fingerprint density at radius 1 is 1.07 bits per heavy atom.